The molecule has 0 bridgehead atoms. The molecule has 0 aromatic heterocycles. The molecule has 20 heavy (non-hydrogen) atoms. The van der Waals surface area contributed by atoms with Crippen LogP contribution in [-0.4, -0.2) is 29.6 Å². The Balaban J connectivity index is -0.0000000150. The van der Waals surface area contributed by atoms with Gasteiger partial charge in [0.1, 0.15) is 29.6 Å². The Bertz CT molecular complexity index is 81.5. The number of hydrogen-bond acceptors (Lipinski definition) is 8. The predicted octanol–water partition coefficient (Wildman–Crippen LogP) is -9.36. The van der Waals surface area contributed by atoms with Crippen LogP contribution in [0.3, 0.4) is 0 Å². The van der Waals surface area contributed by atoms with Crippen molar-refractivity contribution in [2.24, 2.45) is 0 Å². The van der Waals surface area contributed by atoms with Crippen LogP contribution in [0, 0.1) is 0 Å². The van der Waals surface area contributed by atoms with Gasteiger partial charge in [-0.25, -0.2) is 0 Å². The third kappa shape index (κ3) is 2300. The minimum absolute atomic E-state index is 0. The molecule has 0 saturated heterocycles. The van der Waals surface area contributed by atoms with E-state index < -0.39 is 29.6 Å². The van der Waals surface area contributed by atoms with Gasteiger partial charge >= 0.3 is 68.3 Å². The molecular formula is B4F4Mn4O8. The SMILES string of the molecule is [Mn+2].[Mn+2].[Mn+2].[Mn+2].[O-]B([O-])F.[O-]B([O-])F.[O-]B([O-])F.[O-]B([O-])F. The van der Waals surface area contributed by atoms with E-state index in [9.17, 15) is 17.3 Å². The van der Waals surface area contributed by atoms with E-state index in [0.717, 1.165) is 0 Å². The van der Waals surface area contributed by atoms with E-state index in [1.807, 2.05) is 0 Å². The average molecular weight is 467 g/mol. The van der Waals surface area contributed by atoms with Crippen LogP contribution in [0.1, 0.15) is 0 Å². The van der Waals surface area contributed by atoms with Gasteiger partial charge in [0.05, 0.1) is 0 Å². The molecule has 0 N–H and O–H groups in total. The Morgan fingerprint density at radius 1 is 0.350 bits per heavy atom. The van der Waals surface area contributed by atoms with Crippen LogP contribution in [0.2, 0.25) is 0 Å². The first-order valence-electron chi connectivity index (χ1n) is 2.76. The quantitative estimate of drug-likeness (QED) is 0.248. The molecule has 0 aliphatic carbocycles. The monoisotopic (exact) mass is 468 g/mol. The third-order valence-corrected chi connectivity index (χ3v) is 0. The molecule has 0 aromatic rings. The number of halogens is 4. The van der Waals surface area contributed by atoms with Crippen LogP contribution in [-0.2, 0) is 68.3 Å². The van der Waals surface area contributed by atoms with Crippen molar-refractivity contribution in [3.05, 3.63) is 0 Å². The standard InChI is InChI=1S/4BFO2.4Mn/c4*2-1(3)4;;;;/q4*-2;4*+2. The minimum atomic E-state index is -3.17. The maximum atomic E-state index is 9.89. The van der Waals surface area contributed by atoms with Gasteiger partial charge in [0.2, 0.25) is 0 Å². The summed E-state index contributed by atoms with van der Waals surface area (Å²) in [7, 11) is -12.7. The van der Waals surface area contributed by atoms with Crippen LogP contribution >= 0.6 is 0 Å². The average Bonchev–Trinajstić information content (AvgIpc) is 1.76. The van der Waals surface area contributed by atoms with Gasteiger partial charge < -0.3 is 57.5 Å². The van der Waals surface area contributed by atoms with Crippen molar-refractivity contribution in [3.63, 3.8) is 0 Å². The van der Waals surface area contributed by atoms with Crippen molar-refractivity contribution in [1.82, 2.24) is 0 Å². The maximum absolute atomic E-state index is 9.89. The summed E-state index contributed by atoms with van der Waals surface area (Å²) in [5.41, 5.74) is 0. The van der Waals surface area contributed by atoms with Crippen LogP contribution in [0.5, 0.6) is 0 Å². The summed E-state index contributed by atoms with van der Waals surface area (Å²) < 4.78 is 39.6. The molecular weight excluding hydrogens is 467 g/mol. The minimum Gasteiger partial charge on any atom is -0.867 e. The molecule has 0 fully saturated rings. The van der Waals surface area contributed by atoms with E-state index in [-0.39, 0.29) is 68.3 Å². The van der Waals surface area contributed by atoms with E-state index >= 15 is 0 Å². The third-order valence-electron chi connectivity index (χ3n) is 0. The molecule has 0 aliphatic heterocycles. The second kappa shape index (κ2) is 42.8. The fourth-order valence-corrected chi connectivity index (χ4v) is 0. The van der Waals surface area contributed by atoms with Gasteiger partial charge in [-0.3, -0.25) is 0 Å². The van der Waals surface area contributed by atoms with E-state index in [1.165, 1.54) is 0 Å². The second-order valence-electron chi connectivity index (χ2n) is 1.10. The first-order valence-corrected chi connectivity index (χ1v) is 2.76. The summed E-state index contributed by atoms with van der Waals surface area (Å²) in [6.45, 7) is 0. The molecule has 0 unspecified atom stereocenters. The van der Waals surface area contributed by atoms with E-state index in [1.54, 1.807) is 0 Å². The number of hydrogen-bond donors (Lipinski definition) is 0. The topological polar surface area (TPSA) is 184 Å². The Labute approximate surface area is 155 Å². The van der Waals surface area contributed by atoms with Crippen molar-refractivity contribution in [3.8, 4) is 0 Å². The largest absolute Gasteiger partial charge is 2.00 e. The molecule has 0 heterocycles. The molecule has 0 saturated carbocycles. The van der Waals surface area contributed by atoms with Crippen molar-refractivity contribution in [1.29, 1.82) is 0 Å². The molecule has 0 spiro atoms. The second-order valence-corrected chi connectivity index (χ2v) is 1.10. The molecule has 116 valence electrons. The van der Waals surface area contributed by atoms with Gasteiger partial charge in [-0.1, -0.05) is 0 Å². The summed E-state index contributed by atoms with van der Waals surface area (Å²) in [5.74, 6) is 0. The normalized spacial score (nSPS) is 5.40. The van der Waals surface area contributed by atoms with Crippen molar-refractivity contribution < 1.29 is 126 Å². The predicted molar refractivity (Wildman–Crippen MR) is 27.4 cm³/mol. The molecule has 0 amide bonds. The summed E-state index contributed by atoms with van der Waals surface area (Å²) in [4.78, 5) is 0. The Kier molecular flexibility index (Phi) is 106. The van der Waals surface area contributed by atoms with Gasteiger partial charge in [-0.15, -0.1) is 0 Å². The Morgan fingerprint density at radius 2 is 0.350 bits per heavy atom. The molecule has 0 aromatic carbocycles. The maximum Gasteiger partial charge on any atom is 2.00 e. The van der Waals surface area contributed by atoms with Gasteiger partial charge in [0.25, 0.3) is 0 Å². The summed E-state index contributed by atoms with van der Waals surface area (Å²) in [5, 5.41) is 66.4. The first-order chi connectivity index (χ1) is 6.93. The van der Waals surface area contributed by atoms with Crippen molar-refractivity contribution in [2.45, 2.75) is 0 Å². The van der Waals surface area contributed by atoms with Crippen LogP contribution in [0.4, 0.5) is 17.3 Å². The van der Waals surface area contributed by atoms with Crippen molar-refractivity contribution in [2.75, 3.05) is 0 Å². The zero-order chi connectivity index (χ0) is 14.3. The van der Waals surface area contributed by atoms with Crippen molar-refractivity contribution >= 4 is 29.6 Å². The van der Waals surface area contributed by atoms with Gasteiger partial charge in [0, 0.05) is 0 Å². The van der Waals surface area contributed by atoms with Crippen LogP contribution in [0.15, 0.2) is 0 Å². The van der Waals surface area contributed by atoms with Crippen LogP contribution < -0.4 is 40.2 Å². The fraction of sp³-hybridized carbons (Fsp3) is 0. The molecule has 0 atom stereocenters. The first kappa shape index (κ1) is 49.5. The summed E-state index contributed by atoms with van der Waals surface area (Å²) >= 11 is 0. The fourth-order valence-electron chi connectivity index (χ4n) is 0. The van der Waals surface area contributed by atoms with E-state index in [2.05, 4.69) is 0 Å². The van der Waals surface area contributed by atoms with Gasteiger partial charge in [-0.2, -0.15) is 0 Å². The molecule has 20 heteroatoms. The Hall–Kier alpha value is 1.74. The zero-order valence-electron chi connectivity index (χ0n) is 8.60. The number of rotatable bonds is 0. The van der Waals surface area contributed by atoms with Gasteiger partial charge in [0.15, 0.2) is 0 Å². The summed E-state index contributed by atoms with van der Waals surface area (Å²) in [6, 6.07) is 0. The van der Waals surface area contributed by atoms with E-state index in [0.29, 0.717) is 0 Å². The smallest absolute Gasteiger partial charge is 0.867 e. The van der Waals surface area contributed by atoms with Gasteiger partial charge in [-0.05, 0) is 0 Å². The molecule has 0 rings (SSSR count). The molecule has 4 radical (unpaired) electrons. The van der Waals surface area contributed by atoms with Crippen LogP contribution in [0.25, 0.3) is 0 Å². The summed E-state index contributed by atoms with van der Waals surface area (Å²) in [6.07, 6.45) is 0. The molecule has 0 aliphatic rings. The molecule has 8 nitrogen and oxygen atoms in total. The zero-order valence-corrected chi connectivity index (χ0v) is 13.3. The van der Waals surface area contributed by atoms with E-state index in [4.69, 9.17) is 40.2 Å². The Morgan fingerprint density at radius 3 is 0.350 bits per heavy atom.